The Bertz CT molecular complexity index is 2030. The second-order valence-corrected chi connectivity index (χ2v) is 15.0. The van der Waals surface area contributed by atoms with Crippen molar-refractivity contribution < 1.29 is 26.5 Å². The Morgan fingerprint density at radius 1 is 0.776 bits per heavy atom. The lowest BCUT2D eigenvalue weighted by Crippen LogP contribution is -2.40. The largest absolute Gasteiger partial charge is 0.370 e. The average Bonchev–Trinajstić information content (AvgIpc) is 3.08. The van der Waals surface area contributed by atoms with Gasteiger partial charge in [-0.15, -0.1) is 0 Å². The maximum absolute atomic E-state index is 13.9. The minimum Gasteiger partial charge on any atom is -0.370 e. The molecule has 1 atom stereocenters. The molecule has 15 heteroatoms. The van der Waals surface area contributed by atoms with Crippen molar-refractivity contribution in [1.29, 1.82) is 5.41 Å². The molecule has 0 heterocycles. The van der Waals surface area contributed by atoms with Crippen molar-refractivity contribution in [3.8, 4) is 0 Å². The number of hydrogen-bond acceptors (Lipinski definition) is 9. The smallest absolute Gasteiger partial charge is 0.348 e. The van der Waals surface area contributed by atoms with Gasteiger partial charge in [0.1, 0.15) is 15.8 Å². The zero-order chi connectivity index (χ0) is 35.9. The van der Waals surface area contributed by atoms with Crippen LogP contribution in [0.25, 0.3) is 21.5 Å². The van der Waals surface area contributed by atoms with Crippen LogP contribution >= 0.6 is 0 Å². The Balaban J connectivity index is 1.54. The van der Waals surface area contributed by atoms with Gasteiger partial charge in [0.15, 0.2) is 5.96 Å². The number of fused-ring (bicyclic) bond motifs is 2. The average molecular weight is 712 g/mol. The van der Waals surface area contributed by atoms with Crippen LogP contribution in [-0.2, 0) is 29.7 Å². The first-order chi connectivity index (χ1) is 23.3. The topological polar surface area (TPSA) is 192 Å². The third kappa shape index (κ3) is 7.81. The van der Waals surface area contributed by atoms with E-state index in [1.54, 1.807) is 82.3 Å². The number of nitrogens with zero attached hydrogens (tertiary/aromatic N) is 3. The van der Waals surface area contributed by atoms with Crippen molar-refractivity contribution in [3.63, 3.8) is 0 Å². The summed E-state index contributed by atoms with van der Waals surface area (Å²) in [5.41, 5.74) is 15.1. The zero-order valence-corrected chi connectivity index (χ0v) is 29.9. The lowest BCUT2D eigenvalue weighted by molar-refractivity contribution is -0.142. The van der Waals surface area contributed by atoms with Gasteiger partial charge in [0.2, 0.25) is 20.0 Å². The number of carbonyl (C=O) groups excluding carboxylic acids is 1. The van der Waals surface area contributed by atoms with Crippen molar-refractivity contribution in [3.05, 3.63) is 72.8 Å². The second-order valence-electron chi connectivity index (χ2n) is 11.3. The predicted octanol–water partition coefficient (Wildman–Crippen LogP) is 4.43. The highest BCUT2D eigenvalue weighted by atomic mass is 32.2. The highest BCUT2D eigenvalue weighted by Gasteiger charge is 2.31. The molecular weight excluding hydrogens is 667 g/mol. The van der Waals surface area contributed by atoms with Crippen molar-refractivity contribution in [2.75, 3.05) is 43.1 Å². The van der Waals surface area contributed by atoms with Gasteiger partial charge in [-0.25, -0.2) is 27.1 Å². The fourth-order valence-electron chi connectivity index (χ4n) is 5.84. The van der Waals surface area contributed by atoms with E-state index in [9.17, 15) is 21.6 Å². The summed E-state index contributed by atoms with van der Waals surface area (Å²) in [6.07, 6.45) is 0.337. The Morgan fingerprint density at radius 2 is 1.27 bits per heavy atom. The minimum atomic E-state index is -3.98. The molecule has 0 saturated carbocycles. The van der Waals surface area contributed by atoms with Crippen molar-refractivity contribution in [1.82, 2.24) is 8.61 Å². The monoisotopic (exact) mass is 711 g/mol. The number of sulfonamides is 2. The first kappa shape index (κ1) is 37.5. The van der Waals surface area contributed by atoms with Gasteiger partial charge in [0.05, 0.1) is 11.4 Å². The molecule has 6 N–H and O–H groups in total. The van der Waals surface area contributed by atoms with Gasteiger partial charge < -0.3 is 21.2 Å². The number of guanidine groups is 1. The Hall–Kier alpha value is -4.28. The molecule has 4 aromatic carbocycles. The van der Waals surface area contributed by atoms with Crippen molar-refractivity contribution in [2.45, 2.75) is 56.4 Å². The number of carbonyl (C=O) groups is 1. The van der Waals surface area contributed by atoms with E-state index < -0.39 is 32.1 Å². The summed E-state index contributed by atoms with van der Waals surface area (Å²) in [6.45, 7) is 8.12. The Labute approximate surface area is 288 Å². The van der Waals surface area contributed by atoms with Gasteiger partial charge in [-0.05, 0) is 35.7 Å². The quantitative estimate of drug-likeness (QED) is 0.0734. The van der Waals surface area contributed by atoms with Gasteiger partial charge in [-0.2, -0.15) is 8.61 Å². The van der Waals surface area contributed by atoms with Gasteiger partial charge in [0, 0.05) is 43.5 Å². The third-order valence-electron chi connectivity index (χ3n) is 8.39. The fraction of sp³-hybridized carbons (Fsp3) is 0.353. The molecule has 0 aromatic heterocycles. The zero-order valence-electron chi connectivity index (χ0n) is 28.2. The maximum atomic E-state index is 13.9. The first-order valence-corrected chi connectivity index (χ1v) is 19.1. The molecule has 0 aliphatic heterocycles. The maximum Gasteiger partial charge on any atom is 0.348 e. The number of nitrogens with one attached hydrogen (secondary N) is 2. The van der Waals surface area contributed by atoms with Crippen LogP contribution in [0.3, 0.4) is 0 Å². The van der Waals surface area contributed by atoms with E-state index >= 15 is 0 Å². The van der Waals surface area contributed by atoms with Crippen LogP contribution in [-0.4, -0.2) is 76.1 Å². The predicted molar refractivity (Wildman–Crippen MR) is 194 cm³/mol. The van der Waals surface area contributed by atoms with E-state index in [0.717, 1.165) is 5.39 Å². The highest BCUT2D eigenvalue weighted by Crippen LogP contribution is 2.36. The molecule has 0 spiro atoms. The summed E-state index contributed by atoms with van der Waals surface area (Å²) >= 11 is 0. The lowest BCUT2D eigenvalue weighted by atomic mass is 10.1. The summed E-state index contributed by atoms with van der Waals surface area (Å²) in [7, 11) is -7.93. The van der Waals surface area contributed by atoms with Crippen LogP contribution in [0, 0.1) is 5.41 Å². The van der Waals surface area contributed by atoms with Crippen LogP contribution in [0.1, 0.15) is 40.5 Å². The number of hydrogen-bond donors (Lipinski definition) is 4. The standard InChI is InChI=1S/C34H45N7O6S2/c1-5-39(6-2)48(43,44)31-26-16-11-9-14-24(26)19-21-29(31)38-47-33(42)28(35)18-13-23-41(34(36)37)30-22-20-25-15-10-12-17-27(25)32(30)49(45,46)40(7-3)8-4/h9-12,14-17,19-22,28,38H,5-8,13,18,23,35H2,1-4H3,(H3,36,37)/t28-/m0/s1. The van der Waals surface area contributed by atoms with Crippen LogP contribution in [0.5, 0.6) is 0 Å². The Kier molecular flexibility index (Phi) is 12.2. The summed E-state index contributed by atoms with van der Waals surface area (Å²) in [4.78, 5) is 19.7. The summed E-state index contributed by atoms with van der Waals surface area (Å²) in [5.74, 6) is -1.20. The number of rotatable bonds is 16. The third-order valence-corrected chi connectivity index (χ3v) is 12.7. The number of anilines is 2. The molecule has 4 rings (SSSR count). The fourth-order valence-corrected chi connectivity index (χ4v) is 9.47. The summed E-state index contributed by atoms with van der Waals surface area (Å²) in [5, 5.41) is 10.7. The van der Waals surface area contributed by atoms with E-state index in [4.69, 9.17) is 21.7 Å². The van der Waals surface area contributed by atoms with E-state index in [2.05, 4.69) is 5.48 Å². The minimum absolute atomic E-state index is 0.0152. The number of benzene rings is 4. The van der Waals surface area contributed by atoms with Crippen molar-refractivity contribution >= 4 is 64.9 Å². The van der Waals surface area contributed by atoms with Crippen LogP contribution in [0.2, 0.25) is 0 Å². The summed E-state index contributed by atoms with van der Waals surface area (Å²) < 4.78 is 57.8. The molecule has 0 radical (unpaired) electrons. The molecule has 0 unspecified atom stereocenters. The van der Waals surface area contributed by atoms with Gasteiger partial charge >= 0.3 is 5.97 Å². The van der Waals surface area contributed by atoms with Gasteiger partial charge in [0.25, 0.3) is 0 Å². The van der Waals surface area contributed by atoms with Crippen LogP contribution in [0.15, 0.2) is 82.6 Å². The molecule has 0 amide bonds. The van der Waals surface area contributed by atoms with E-state index in [1.165, 1.54) is 19.6 Å². The lowest BCUT2D eigenvalue weighted by Gasteiger charge is -2.28. The molecule has 0 bridgehead atoms. The SMILES string of the molecule is CCN(CC)S(=O)(=O)c1c(NOC(=O)[C@@H](N)CCCN(C(=N)N)c2ccc3ccccc3c2S(=O)(=O)N(CC)CC)ccc2ccccc12. The Morgan fingerprint density at radius 3 is 1.80 bits per heavy atom. The normalized spacial score (nSPS) is 12.8. The van der Waals surface area contributed by atoms with Gasteiger partial charge in [-0.3, -0.25) is 5.41 Å². The molecule has 0 aliphatic carbocycles. The van der Waals surface area contributed by atoms with E-state index in [1.807, 2.05) is 12.1 Å². The van der Waals surface area contributed by atoms with E-state index in [0.29, 0.717) is 16.2 Å². The second kappa shape index (κ2) is 16.0. The van der Waals surface area contributed by atoms with Crippen molar-refractivity contribution in [2.24, 2.45) is 11.5 Å². The molecule has 4 aromatic rings. The van der Waals surface area contributed by atoms with Gasteiger partial charge in [-0.1, -0.05) is 88.4 Å². The van der Waals surface area contributed by atoms with Crippen LogP contribution in [0.4, 0.5) is 11.4 Å². The molecule has 49 heavy (non-hydrogen) atoms. The first-order valence-electron chi connectivity index (χ1n) is 16.2. The molecule has 13 nitrogen and oxygen atoms in total. The highest BCUT2D eigenvalue weighted by molar-refractivity contribution is 7.89. The molecule has 264 valence electrons. The van der Waals surface area contributed by atoms with Crippen LogP contribution < -0.4 is 21.8 Å². The summed E-state index contributed by atoms with van der Waals surface area (Å²) in [6, 6.07) is 19.7. The molecule has 0 aliphatic rings. The molecule has 0 saturated heterocycles. The molecule has 0 fully saturated rings. The van der Waals surface area contributed by atoms with E-state index in [-0.39, 0.29) is 72.7 Å². The molecular formula is C34H45N7O6S2. The number of nitrogens with two attached hydrogens (primary N) is 2.